The molecule has 2 aromatic rings. The highest BCUT2D eigenvalue weighted by Gasteiger charge is 2.18. The summed E-state index contributed by atoms with van der Waals surface area (Å²) in [5.74, 6) is 0.736. The first-order valence-electron chi connectivity index (χ1n) is 7.82. The summed E-state index contributed by atoms with van der Waals surface area (Å²) in [6.45, 7) is 2.55. The SMILES string of the molecule is COc1ccccc1[C@H](CNC(=O)/C=C/c1sccc1C)N(C)C. The molecule has 0 spiro atoms. The van der Waals surface area contributed by atoms with Crippen LogP contribution in [-0.4, -0.2) is 38.6 Å². The van der Waals surface area contributed by atoms with Crippen molar-refractivity contribution >= 4 is 23.3 Å². The van der Waals surface area contributed by atoms with Gasteiger partial charge in [-0.05, 0) is 50.2 Å². The second-order valence-electron chi connectivity index (χ2n) is 5.77. The van der Waals surface area contributed by atoms with Gasteiger partial charge in [-0.25, -0.2) is 0 Å². The standard InChI is InChI=1S/C19H24N2O2S/c1-14-11-12-24-18(14)9-10-19(22)20-13-16(21(2)3)15-7-5-6-8-17(15)23-4/h5-12,16H,13H2,1-4H3,(H,20,22)/b10-9+/t16-/m0/s1. The van der Waals surface area contributed by atoms with E-state index in [9.17, 15) is 4.79 Å². The first-order valence-corrected chi connectivity index (χ1v) is 8.70. The predicted molar refractivity (Wildman–Crippen MR) is 101 cm³/mol. The largest absolute Gasteiger partial charge is 0.496 e. The number of hydrogen-bond donors (Lipinski definition) is 1. The van der Waals surface area contributed by atoms with Gasteiger partial charge in [-0.2, -0.15) is 0 Å². The molecule has 0 saturated heterocycles. The quantitative estimate of drug-likeness (QED) is 0.782. The summed E-state index contributed by atoms with van der Waals surface area (Å²) in [5.41, 5.74) is 2.24. The number of para-hydroxylation sites is 1. The molecular weight excluding hydrogens is 320 g/mol. The van der Waals surface area contributed by atoms with Gasteiger partial charge < -0.3 is 15.0 Å². The molecule has 1 atom stereocenters. The normalized spacial score (nSPS) is 12.5. The van der Waals surface area contributed by atoms with Gasteiger partial charge in [0.05, 0.1) is 13.2 Å². The van der Waals surface area contributed by atoms with Crippen LogP contribution in [0.4, 0.5) is 0 Å². The second kappa shape index (κ2) is 8.66. The minimum absolute atomic E-state index is 0.0435. The van der Waals surface area contributed by atoms with E-state index in [1.165, 1.54) is 5.56 Å². The summed E-state index contributed by atoms with van der Waals surface area (Å²) in [4.78, 5) is 15.3. The molecule has 0 saturated carbocycles. The Morgan fingerprint density at radius 2 is 2.08 bits per heavy atom. The lowest BCUT2D eigenvalue weighted by Gasteiger charge is -2.26. The van der Waals surface area contributed by atoms with Gasteiger partial charge in [0.1, 0.15) is 5.75 Å². The van der Waals surface area contributed by atoms with Crippen LogP contribution in [-0.2, 0) is 4.79 Å². The Bertz CT molecular complexity index is 707. The highest BCUT2D eigenvalue weighted by Crippen LogP contribution is 2.27. The summed E-state index contributed by atoms with van der Waals surface area (Å²) in [6, 6.07) is 9.98. The van der Waals surface area contributed by atoms with Crippen LogP contribution >= 0.6 is 11.3 Å². The molecule has 0 aliphatic carbocycles. The van der Waals surface area contributed by atoms with Crippen LogP contribution in [0.2, 0.25) is 0 Å². The lowest BCUT2D eigenvalue weighted by atomic mass is 10.0. The van der Waals surface area contributed by atoms with Crippen molar-refractivity contribution in [1.29, 1.82) is 0 Å². The zero-order valence-corrected chi connectivity index (χ0v) is 15.4. The monoisotopic (exact) mass is 344 g/mol. The first kappa shape index (κ1) is 18.2. The van der Waals surface area contributed by atoms with E-state index < -0.39 is 0 Å². The highest BCUT2D eigenvalue weighted by atomic mass is 32.1. The molecular formula is C19H24N2O2S. The van der Waals surface area contributed by atoms with Crippen LogP contribution in [0.1, 0.15) is 22.0 Å². The minimum Gasteiger partial charge on any atom is -0.496 e. The molecule has 5 heteroatoms. The maximum Gasteiger partial charge on any atom is 0.244 e. The third-order valence-corrected chi connectivity index (χ3v) is 4.86. The van der Waals surface area contributed by atoms with Crippen molar-refractivity contribution in [3.8, 4) is 5.75 Å². The fourth-order valence-electron chi connectivity index (χ4n) is 2.48. The predicted octanol–water partition coefficient (Wildman–Crippen LogP) is 3.50. The number of rotatable bonds is 7. The number of carbonyl (C=O) groups is 1. The van der Waals surface area contributed by atoms with Gasteiger partial charge in [-0.15, -0.1) is 11.3 Å². The van der Waals surface area contributed by atoms with Gasteiger partial charge in [-0.3, -0.25) is 4.79 Å². The van der Waals surface area contributed by atoms with Gasteiger partial charge in [0.15, 0.2) is 0 Å². The molecule has 1 aromatic heterocycles. The van der Waals surface area contributed by atoms with E-state index in [-0.39, 0.29) is 11.9 Å². The maximum absolute atomic E-state index is 12.1. The van der Waals surface area contributed by atoms with Crippen LogP contribution in [0.25, 0.3) is 6.08 Å². The Hall–Kier alpha value is -2.11. The molecule has 128 valence electrons. The lowest BCUT2D eigenvalue weighted by molar-refractivity contribution is -0.116. The molecule has 0 unspecified atom stereocenters. The van der Waals surface area contributed by atoms with Gasteiger partial charge >= 0.3 is 0 Å². The summed E-state index contributed by atoms with van der Waals surface area (Å²) in [6.07, 6.45) is 3.46. The first-order chi connectivity index (χ1) is 11.5. The number of thiophene rings is 1. The minimum atomic E-state index is -0.0930. The number of benzene rings is 1. The number of nitrogens with zero attached hydrogens (tertiary/aromatic N) is 1. The molecule has 1 heterocycles. The average molecular weight is 344 g/mol. The molecule has 0 bridgehead atoms. The Kier molecular flexibility index (Phi) is 6.58. The van der Waals surface area contributed by atoms with E-state index in [0.717, 1.165) is 16.2 Å². The number of nitrogens with one attached hydrogen (secondary N) is 1. The third-order valence-electron chi connectivity index (χ3n) is 3.88. The summed E-state index contributed by atoms with van der Waals surface area (Å²) < 4.78 is 5.44. The van der Waals surface area contributed by atoms with Crippen molar-refractivity contribution in [3.63, 3.8) is 0 Å². The fourth-order valence-corrected chi connectivity index (χ4v) is 3.29. The van der Waals surface area contributed by atoms with E-state index in [1.54, 1.807) is 24.5 Å². The Labute approximate surface area is 147 Å². The van der Waals surface area contributed by atoms with Gasteiger partial charge in [-0.1, -0.05) is 18.2 Å². The highest BCUT2D eigenvalue weighted by molar-refractivity contribution is 7.11. The molecule has 1 N–H and O–H groups in total. The number of methoxy groups -OCH3 is 1. The molecule has 0 aliphatic rings. The third kappa shape index (κ3) is 4.69. The Morgan fingerprint density at radius 1 is 1.33 bits per heavy atom. The molecule has 2 rings (SSSR count). The van der Waals surface area contributed by atoms with Crippen molar-refractivity contribution in [1.82, 2.24) is 10.2 Å². The molecule has 1 amide bonds. The summed E-state index contributed by atoms with van der Waals surface area (Å²) >= 11 is 1.63. The Morgan fingerprint density at radius 3 is 2.71 bits per heavy atom. The van der Waals surface area contributed by atoms with Gasteiger partial charge in [0, 0.05) is 23.1 Å². The van der Waals surface area contributed by atoms with Crippen molar-refractivity contribution in [2.75, 3.05) is 27.7 Å². The van der Waals surface area contributed by atoms with Crippen LogP contribution in [0.5, 0.6) is 5.75 Å². The number of amides is 1. The molecule has 0 radical (unpaired) electrons. The molecule has 4 nitrogen and oxygen atoms in total. The van der Waals surface area contributed by atoms with E-state index in [4.69, 9.17) is 4.74 Å². The smallest absolute Gasteiger partial charge is 0.244 e. The topological polar surface area (TPSA) is 41.6 Å². The maximum atomic E-state index is 12.1. The molecule has 0 fully saturated rings. The van der Waals surface area contributed by atoms with E-state index in [1.807, 2.05) is 62.8 Å². The second-order valence-corrected chi connectivity index (χ2v) is 6.72. The van der Waals surface area contributed by atoms with Gasteiger partial charge in [0.2, 0.25) is 5.91 Å². The van der Waals surface area contributed by atoms with Crippen LogP contribution in [0, 0.1) is 6.92 Å². The van der Waals surface area contributed by atoms with Crippen LogP contribution < -0.4 is 10.1 Å². The Balaban J connectivity index is 2.02. The van der Waals surface area contributed by atoms with E-state index in [0.29, 0.717) is 6.54 Å². The molecule has 0 aliphatic heterocycles. The summed E-state index contributed by atoms with van der Waals surface area (Å²) in [7, 11) is 5.65. The van der Waals surface area contributed by atoms with E-state index >= 15 is 0 Å². The zero-order chi connectivity index (χ0) is 17.5. The number of aryl methyl sites for hydroxylation is 1. The van der Waals surface area contributed by atoms with Crippen LogP contribution in [0.15, 0.2) is 41.8 Å². The lowest BCUT2D eigenvalue weighted by Crippen LogP contribution is -2.33. The van der Waals surface area contributed by atoms with Crippen molar-refractivity contribution in [3.05, 3.63) is 57.8 Å². The van der Waals surface area contributed by atoms with E-state index in [2.05, 4.69) is 10.2 Å². The average Bonchev–Trinajstić information content (AvgIpc) is 2.98. The fraction of sp³-hybridized carbons (Fsp3) is 0.316. The van der Waals surface area contributed by atoms with Crippen LogP contribution in [0.3, 0.4) is 0 Å². The molecule has 24 heavy (non-hydrogen) atoms. The van der Waals surface area contributed by atoms with Crippen molar-refractivity contribution < 1.29 is 9.53 Å². The number of likely N-dealkylation sites (N-methyl/N-ethyl adjacent to an activating group) is 1. The number of hydrogen-bond acceptors (Lipinski definition) is 4. The van der Waals surface area contributed by atoms with Crippen molar-refractivity contribution in [2.45, 2.75) is 13.0 Å². The number of carbonyl (C=O) groups excluding carboxylic acids is 1. The summed E-state index contributed by atoms with van der Waals surface area (Å²) in [5, 5.41) is 5.00. The zero-order valence-electron chi connectivity index (χ0n) is 14.6. The number of ether oxygens (including phenoxy) is 1. The van der Waals surface area contributed by atoms with Crippen molar-refractivity contribution in [2.24, 2.45) is 0 Å². The molecule has 1 aromatic carbocycles. The van der Waals surface area contributed by atoms with Gasteiger partial charge in [0.25, 0.3) is 0 Å².